The average molecular weight is 281 g/mol. The Labute approximate surface area is 112 Å². The molecule has 0 bridgehead atoms. The Bertz CT molecular complexity index is 666. The number of carbonyl (C=O) groups is 1. The van der Waals surface area contributed by atoms with Gasteiger partial charge in [0.15, 0.2) is 0 Å². The van der Waals surface area contributed by atoms with Crippen molar-refractivity contribution in [2.24, 2.45) is 0 Å². The zero-order valence-corrected chi connectivity index (χ0v) is 10.4. The molecule has 0 amide bonds. The van der Waals surface area contributed by atoms with E-state index in [0.29, 0.717) is 11.3 Å². The lowest BCUT2D eigenvalue weighted by molar-refractivity contribution is -0.137. The molecule has 0 aliphatic carbocycles. The van der Waals surface area contributed by atoms with Crippen LogP contribution in [0.25, 0.3) is 11.1 Å². The van der Waals surface area contributed by atoms with Gasteiger partial charge in [-0.2, -0.15) is 13.2 Å². The van der Waals surface area contributed by atoms with E-state index in [2.05, 4.69) is 4.98 Å². The van der Waals surface area contributed by atoms with Crippen LogP contribution in [0.3, 0.4) is 0 Å². The Morgan fingerprint density at radius 3 is 2.45 bits per heavy atom. The van der Waals surface area contributed by atoms with Crippen molar-refractivity contribution < 1.29 is 23.1 Å². The molecule has 0 atom stereocenters. The minimum absolute atomic E-state index is 0.0120. The van der Waals surface area contributed by atoms with Gasteiger partial charge in [0.2, 0.25) is 0 Å². The number of aromatic carboxylic acids is 1. The number of hydrogen-bond donors (Lipinski definition) is 1. The zero-order valence-electron chi connectivity index (χ0n) is 10.4. The summed E-state index contributed by atoms with van der Waals surface area (Å²) in [4.78, 5) is 15.1. The van der Waals surface area contributed by atoms with E-state index < -0.39 is 17.7 Å². The van der Waals surface area contributed by atoms with E-state index in [-0.39, 0.29) is 11.1 Å². The van der Waals surface area contributed by atoms with Crippen molar-refractivity contribution in [1.29, 1.82) is 0 Å². The van der Waals surface area contributed by atoms with Crippen molar-refractivity contribution in [2.45, 2.75) is 13.1 Å². The number of nitrogens with zero attached hydrogens (tertiary/aromatic N) is 1. The van der Waals surface area contributed by atoms with E-state index in [1.807, 2.05) is 0 Å². The summed E-state index contributed by atoms with van der Waals surface area (Å²) in [7, 11) is 0. The summed E-state index contributed by atoms with van der Waals surface area (Å²) in [6.45, 7) is 1.61. The highest BCUT2D eigenvalue weighted by Gasteiger charge is 2.31. The van der Waals surface area contributed by atoms with E-state index in [4.69, 9.17) is 5.11 Å². The average Bonchev–Trinajstić information content (AvgIpc) is 2.37. The summed E-state index contributed by atoms with van der Waals surface area (Å²) in [5.74, 6) is -1.28. The van der Waals surface area contributed by atoms with Gasteiger partial charge >= 0.3 is 12.1 Å². The molecule has 104 valence electrons. The van der Waals surface area contributed by atoms with Gasteiger partial charge in [-0.1, -0.05) is 6.07 Å². The molecule has 1 N–H and O–H groups in total. The molecular formula is C14H10F3NO2. The predicted octanol–water partition coefficient (Wildman–Crippen LogP) is 3.77. The molecule has 1 heterocycles. The fourth-order valence-electron chi connectivity index (χ4n) is 1.90. The molecule has 0 radical (unpaired) electrons. The molecule has 0 saturated carbocycles. The molecule has 1 aromatic heterocycles. The SMILES string of the molecule is Cc1ncccc1-c1cc(C(F)(F)F)ccc1C(=O)O. The van der Waals surface area contributed by atoms with E-state index >= 15 is 0 Å². The third-order valence-electron chi connectivity index (χ3n) is 2.87. The summed E-state index contributed by atoms with van der Waals surface area (Å²) in [6.07, 6.45) is -3.03. The molecule has 0 unspecified atom stereocenters. The van der Waals surface area contributed by atoms with Crippen molar-refractivity contribution >= 4 is 5.97 Å². The lowest BCUT2D eigenvalue weighted by Gasteiger charge is -2.13. The first-order valence-electron chi connectivity index (χ1n) is 5.67. The van der Waals surface area contributed by atoms with Gasteiger partial charge in [-0.3, -0.25) is 4.98 Å². The highest BCUT2D eigenvalue weighted by Crippen LogP contribution is 2.34. The Balaban J connectivity index is 2.71. The van der Waals surface area contributed by atoms with E-state index in [9.17, 15) is 18.0 Å². The van der Waals surface area contributed by atoms with Gasteiger partial charge in [0, 0.05) is 17.5 Å². The largest absolute Gasteiger partial charge is 0.478 e. The molecule has 2 rings (SSSR count). The van der Waals surface area contributed by atoms with E-state index in [1.165, 1.54) is 6.20 Å². The molecule has 0 saturated heterocycles. The van der Waals surface area contributed by atoms with Gasteiger partial charge in [0.1, 0.15) is 0 Å². The molecule has 0 aliphatic heterocycles. The number of halogens is 3. The van der Waals surface area contributed by atoms with Crippen LogP contribution in [0.1, 0.15) is 21.6 Å². The van der Waals surface area contributed by atoms with Crippen molar-refractivity contribution in [2.75, 3.05) is 0 Å². The van der Waals surface area contributed by atoms with Crippen molar-refractivity contribution in [3.63, 3.8) is 0 Å². The smallest absolute Gasteiger partial charge is 0.416 e. The number of alkyl halides is 3. The Hall–Kier alpha value is -2.37. The third-order valence-corrected chi connectivity index (χ3v) is 2.87. The predicted molar refractivity (Wildman–Crippen MR) is 66.4 cm³/mol. The zero-order chi connectivity index (χ0) is 14.9. The maximum atomic E-state index is 12.8. The lowest BCUT2D eigenvalue weighted by Crippen LogP contribution is -2.08. The van der Waals surface area contributed by atoms with Crippen LogP contribution in [-0.4, -0.2) is 16.1 Å². The van der Waals surface area contributed by atoms with Crippen molar-refractivity contribution in [3.05, 3.63) is 53.3 Å². The summed E-state index contributed by atoms with van der Waals surface area (Å²) in [5, 5.41) is 9.11. The summed E-state index contributed by atoms with van der Waals surface area (Å²) >= 11 is 0. The van der Waals surface area contributed by atoms with E-state index in [1.54, 1.807) is 19.1 Å². The standard InChI is InChI=1S/C14H10F3NO2/c1-8-10(3-2-6-18-8)12-7-9(14(15,16)17)4-5-11(12)13(19)20/h2-7H,1H3,(H,19,20). The monoisotopic (exact) mass is 281 g/mol. The van der Waals surface area contributed by atoms with E-state index in [0.717, 1.165) is 18.2 Å². The van der Waals surface area contributed by atoms with Crippen LogP contribution in [-0.2, 0) is 6.18 Å². The van der Waals surface area contributed by atoms with Crippen molar-refractivity contribution in [1.82, 2.24) is 4.98 Å². The van der Waals surface area contributed by atoms with Crippen LogP contribution in [0.5, 0.6) is 0 Å². The normalized spacial score (nSPS) is 11.4. The molecule has 2 aromatic rings. The summed E-state index contributed by atoms with van der Waals surface area (Å²) in [5.41, 5.74) is -0.224. The molecule has 20 heavy (non-hydrogen) atoms. The molecule has 1 aromatic carbocycles. The van der Waals surface area contributed by atoms with Gasteiger partial charge in [-0.15, -0.1) is 0 Å². The minimum Gasteiger partial charge on any atom is -0.478 e. The minimum atomic E-state index is -4.53. The molecule has 6 heteroatoms. The van der Waals surface area contributed by atoms with Gasteiger partial charge < -0.3 is 5.11 Å². The number of aromatic nitrogens is 1. The first kappa shape index (κ1) is 14.0. The van der Waals surface area contributed by atoms with Gasteiger partial charge in [0.25, 0.3) is 0 Å². The first-order chi connectivity index (χ1) is 9.30. The van der Waals surface area contributed by atoms with Crippen LogP contribution in [0.15, 0.2) is 36.5 Å². The van der Waals surface area contributed by atoms with Crippen LogP contribution in [0.4, 0.5) is 13.2 Å². The van der Waals surface area contributed by atoms with Crippen LogP contribution < -0.4 is 0 Å². The fourth-order valence-corrected chi connectivity index (χ4v) is 1.90. The third kappa shape index (κ3) is 2.64. The maximum Gasteiger partial charge on any atom is 0.416 e. The van der Waals surface area contributed by atoms with Gasteiger partial charge in [-0.05, 0) is 36.8 Å². The molecule has 3 nitrogen and oxygen atoms in total. The number of rotatable bonds is 2. The van der Waals surface area contributed by atoms with Crippen LogP contribution in [0.2, 0.25) is 0 Å². The summed E-state index contributed by atoms with van der Waals surface area (Å²) in [6, 6.07) is 5.66. The lowest BCUT2D eigenvalue weighted by atomic mass is 9.96. The number of carboxylic acid groups (broad SMARTS) is 1. The highest BCUT2D eigenvalue weighted by atomic mass is 19.4. The van der Waals surface area contributed by atoms with Crippen LogP contribution >= 0.6 is 0 Å². The van der Waals surface area contributed by atoms with Gasteiger partial charge in [0.05, 0.1) is 11.1 Å². The highest BCUT2D eigenvalue weighted by molar-refractivity contribution is 5.96. The number of aryl methyl sites for hydroxylation is 1. The Kier molecular flexibility index (Phi) is 3.48. The Morgan fingerprint density at radius 2 is 1.90 bits per heavy atom. The molecule has 0 spiro atoms. The van der Waals surface area contributed by atoms with Crippen LogP contribution in [0, 0.1) is 6.92 Å². The van der Waals surface area contributed by atoms with Gasteiger partial charge in [-0.25, -0.2) is 4.79 Å². The quantitative estimate of drug-likeness (QED) is 0.911. The fraction of sp³-hybridized carbons (Fsp3) is 0.143. The summed E-state index contributed by atoms with van der Waals surface area (Å²) < 4.78 is 38.3. The second-order valence-electron chi connectivity index (χ2n) is 4.20. The number of benzene rings is 1. The maximum absolute atomic E-state index is 12.8. The molecule has 0 aliphatic rings. The number of hydrogen-bond acceptors (Lipinski definition) is 2. The number of carboxylic acids is 1. The topological polar surface area (TPSA) is 50.2 Å². The molecule has 0 fully saturated rings. The second-order valence-corrected chi connectivity index (χ2v) is 4.20. The first-order valence-corrected chi connectivity index (χ1v) is 5.67. The van der Waals surface area contributed by atoms with Crippen molar-refractivity contribution in [3.8, 4) is 11.1 Å². The molecular weight excluding hydrogens is 271 g/mol. The number of pyridine rings is 1. The second kappa shape index (κ2) is 4.96. The Morgan fingerprint density at radius 1 is 1.20 bits per heavy atom.